The van der Waals surface area contributed by atoms with Crippen LogP contribution in [0.4, 0.5) is 5.69 Å². The second-order valence-electron chi connectivity index (χ2n) is 2.83. The number of nitrogens with zero attached hydrogens (tertiary/aromatic N) is 2. The Morgan fingerprint density at radius 1 is 1.75 bits per heavy atom. The first-order valence-electron chi connectivity index (χ1n) is 4.11. The fourth-order valence-electron chi connectivity index (χ4n) is 0.878. The van der Waals surface area contributed by atoms with Crippen LogP contribution in [0.3, 0.4) is 0 Å². The Labute approximate surface area is 98.3 Å². The summed E-state index contributed by atoms with van der Waals surface area (Å²) in [4.78, 5) is 24.1. The molecule has 1 aromatic rings. The molecule has 0 aliphatic heterocycles. The highest BCUT2D eigenvalue weighted by Crippen LogP contribution is 2.29. The molecular formula is C8H7BrN2O5. The van der Waals surface area contributed by atoms with Crippen molar-refractivity contribution in [2.24, 2.45) is 0 Å². The van der Waals surface area contributed by atoms with Gasteiger partial charge in [-0.2, -0.15) is 0 Å². The number of aromatic nitrogens is 1. The summed E-state index contributed by atoms with van der Waals surface area (Å²) in [5, 5.41) is 19.2. The molecule has 1 rings (SSSR count). The number of aliphatic carboxylic acids is 1. The lowest BCUT2D eigenvalue weighted by atomic mass is 10.3. The number of nitro groups is 1. The van der Waals surface area contributed by atoms with Crippen LogP contribution < -0.4 is 4.74 Å². The van der Waals surface area contributed by atoms with Gasteiger partial charge in [-0.1, -0.05) is 0 Å². The summed E-state index contributed by atoms with van der Waals surface area (Å²) < 4.78 is 5.26. The molecule has 0 saturated carbocycles. The van der Waals surface area contributed by atoms with Gasteiger partial charge in [-0.3, -0.25) is 10.1 Å². The van der Waals surface area contributed by atoms with Gasteiger partial charge in [0.15, 0.2) is 6.10 Å². The van der Waals surface area contributed by atoms with Crippen LogP contribution in [0.2, 0.25) is 0 Å². The largest absolute Gasteiger partial charge is 0.479 e. The van der Waals surface area contributed by atoms with E-state index in [1.54, 1.807) is 0 Å². The summed E-state index contributed by atoms with van der Waals surface area (Å²) in [6.45, 7) is 1.28. The minimum Gasteiger partial charge on any atom is -0.479 e. The summed E-state index contributed by atoms with van der Waals surface area (Å²) in [6.07, 6.45) is -0.179. The van der Waals surface area contributed by atoms with Gasteiger partial charge >= 0.3 is 11.7 Å². The van der Waals surface area contributed by atoms with E-state index in [-0.39, 0.29) is 11.4 Å². The second kappa shape index (κ2) is 4.88. The van der Waals surface area contributed by atoms with E-state index < -0.39 is 17.0 Å². The molecule has 0 unspecified atom stereocenters. The summed E-state index contributed by atoms with van der Waals surface area (Å²) in [5.74, 6) is -1.34. The fraction of sp³-hybridized carbons (Fsp3) is 0.250. The molecular weight excluding hydrogens is 284 g/mol. The molecule has 0 fully saturated rings. The molecule has 0 spiro atoms. The van der Waals surface area contributed by atoms with Crippen molar-refractivity contribution in [1.29, 1.82) is 0 Å². The maximum atomic E-state index is 10.6. The molecule has 1 aromatic heterocycles. The van der Waals surface area contributed by atoms with Crippen molar-refractivity contribution in [2.45, 2.75) is 13.0 Å². The summed E-state index contributed by atoms with van der Waals surface area (Å²) in [7, 11) is 0. The summed E-state index contributed by atoms with van der Waals surface area (Å²) in [6, 6.07) is 1.25. The molecule has 16 heavy (non-hydrogen) atoms. The lowest BCUT2D eigenvalue weighted by molar-refractivity contribution is -0.386. The minimum atomic E-state index is -1.21. The molecule has 0 aliphatic carbocycles. The predicted octanol–water partition coefficient (Wildman–Crippen LogP) is 1.60. The zero-order chi connectivity index (χ0) is 12.3. The number of halogens is 1. The third-order valence-electron chi connectivity index (χ3n) is 1.66. The lowest BCUT2D eigenvalue weighted by Crippen LogP contribution is -2.23. The van der Waals surface area contributed by atoms with Crippen molar-refractivity contribution in [3.8, 4) is 5.75 Å². The predicted molar refractivity (Wildman–Crippen MR) is 56.3 cm³/mol. The SMILES string of the molecule is C[C@@H](Oc1cc(Br)ncc1[N+](=O)[O-])C(=O)O. The molecule has 0 aliphatic rings. The molecule has 0 radical (unpaired) electrons. The Morgan fingerprint density at radius 2 is 2.38 bits per heavy atom. The number of carboxylic acid groups (broad SMARTS) is 1. The minimum absolute atomic E-state index is 0.137. The summed E-state index contributed by atoms with van der Waals surface area (Å²) >= 11 is 3.01. The Morgan fingerprint density at radius 3 is 2.88 bits per heavy atom. The highest BCUT2D eigenvalue weighted by Gasteiger charge is 2.21. The Kier molecular flexibility index (Phi) is 3.78. The highest BCUT2D eigenvalue weighted by molar-refractivity contribution is 9.10. The van der Waals surface area contributed by atoms with Crippen LogP contribution in [0.5, 0.6) is 5.75 Å². The van der Waals surface area contributed by atoms with E-state index in [0.717, 1.165) is 6.20 Å². The quantitative estimate of drug-likeness (QED) is 0.513. The summed E-state index contributed by atoms with van der Waals surface area (Å²) in [5.41, 5.74) is -0.378. The van der Waals surface area contributed by atoms with Gasteiger partial charge < -0.3 is 9.84 Å². The van der Waals surface area contributed by atoms with Crippen molar-refractivity contribution in [3.05, 3.63) is 27.0 Å². The molecule has 86 valence electrons. The number of pyridine rings is 1. The molecule has 1 atom stereocenters. The Hall–Kier alpha value is -1.70. The van der Waals surface area contributed by atoms with E-state index in [2.05, 4.69) is 20.9 Å². The lowest BCUT2D eigenvalue weighted by Gasteiger charge is -2.10. The van der Waals surface area contributed by atoms with Gasteiger partial charge in [0.2, 0.25) is 5.75 Å². The smallest absolute Gasteiger partial charge is 0.344 e. The van der Waals surface area contributed by atoms with Crippen LogP contribution in [0.15, 0.2) is 16.9 Å². The number of carbonyl (C=O) groups is 1. The van der Waals surface area contributed by atoms with Crippen molar-refractivity contribution in [1.82, 2.24) is 4.98 Å². The van der Waals surface area contributed by atoms with Crippen molar-refractivity contribution in [3.63, 3.8) is 0 Å². The molecule has 1 N–H and O–H groups in total. The van der Waals surface area contributed by atoms with E-state index in [9.17, 15) is 14.9 Å². The van der Waals surface area contributed by atoms with Gasteiger partial charge in [-0.15, -0.1) is 0 Å². The molecule has 8 heteroatoms. The molecule has 0 saturated heterocycles. The zero-order valence-corrected chi connectivity index (χ0v) is 9.67. The van der Waals surface area contributed by atoms with E-state index in [1.807, 2.05) is 0 Å². The fourth-order valence-corrected chi connectivity index (χ4v) is 1.19. The van der Waals surface area contributed by atoms with E-state index in [4.69, 9.17) is 9.84 Å². The van der Waals surface area contributed by atoms with Crippen LogP contribution in [0.25, 0.3) is 0 Å². The number of hydrogen-bond acceptors (Lipinski definition) is 5. The standard InChI is InChI=1S/C8H7BrN2O5/c1-4(8(12)13)16-6-2-7(9)10-3-5(6)11(14)15/h2-4H,1H3,(H,12,13)/t4-/m1/s1. The molecule has 7 nitrogen and oxygen atoms in total. The van der Waals surface area contributed by atoms with Crippen LogP contribution in [-0.2, 0) is 4.79 Å². The van der Waals surface area contributed by atoms with E-state index >= 15 is 0 Å². The monoisotopic (exact) mass is 290 g/mol. The average Bonchev–Trinajstić information content (AvgIpc) is 2.16. The Balaban J connectivity index is 3.05. The Bertz CT molecular complexity index is 436. The first kappa shape index (κ1) is 12.4. The van der Waals surface area contributed by atoms with Crippen molar-refractivity contribution in [2.75, 3.05) is 0 Å². The normalized spacial score (nSPS) is 11.9. The molecule has 0 aromatic carbocycles. The number of rotatable bonds is 4. The maximum Gasteiger partial charge on any atom is 0.344 e. The first-order valence-corrected chi connectivity index (χ1v) is 4.90. The second-order valence-corrected chi connectivity index (χ2v) is 3.64. The van der Waals surface area contributed by atoms with Gasteiger partial charge in [-0.25, -0.2) is 9.78 Å². The van der Waals surface area contributed by atoms with Crippen LogP contribution in [0.1, 0.15) is 6.92 Å². The van der Waals surface area contributed by atoms with Crippen LogP contribution in [-0.4, -0.2) is 27.1 Å². The van der Waals surface area contributed by atoms with Gasteiger partial charge in [0.05, 0.1) is 4.92 Å². The first-order chi connectivity index (χ1) is 7.41. The third kappa shape index (κ3) is 2.89. The number of ether oxygens (including phenoxy) is 1. The van der Waals surface area contributed by atoms with E-state index in [0.29, 0.717) is 4.60 Å². The zero-order valence-electron chi connectivity index (χ0n) is 8.08. The molecule has 0 bridgehead atoms. The highest BCUT2D eigenvalue weighted by atomic mass is 79.9. The average molecular weight is 291 g/mol. The van der Waals surface area contributed by atoms with Gasteiger partial charge in [0, 0.05) is 6.07 Å². The van der Waals surface area contributed by atoms with Crippen LogP contribution >= 0.6 is 15.9 Å². The van der Waals surface area contributed by atoms with Gasteiger partial charge in [0.1, 0.15) is 10.8 Å². The van der Waals surface area contributed by atoms with Crippen molar-refractivity contribution >= 4 is 27.6 Å². The third-order valence-corrected chi connectivity index (χ3v) is 2.09. The molecule has 0 amide bonds. The van der Waals surface area contributed by atoms with Crippen LogP contribution in [0, 0.1) is 10.1 Å². The van der Waals surface area contributed by atoms with Gasteiger partial charge in [0.25, 0.3) is 0 Å². The van der Waals surface area contributed by atoms with E-state index in [1.165, 1.54) is 13.0 Å². The number of hydrogen-bond donors (Lipinski definition) is 1. The topological polar surface area (TPSA) is 103 Å². The van der Waals surface area contributed by atoms with Crippen molar-refractivity contribution < 1.29 is 19.6 Å². The van der Waals surface area contributed by atoms with Gasteiger partial charge in [-0.05, 0) is 22.9 Å². The molecule has 1 heterocycles. The number of carboxylic acids is 1. The maximum absolute atomic E-state index is 10.6.